The molecule has 1 N–H and O–H groups in total. The van der Waals surface area contributed by atoms with E-state index in [1.54, 1.807) is 0 Å². The number of nitrogens with one attached hydrogen (secondary N) is 1. The maximum atomic E-state index is 13.1. The second-order valence-electron chi connectivity index (χ2n) is 11.2. The molecule has 1 unspecified atom stereocenters. The first-order valence-electron chi connectivity index (χ1n) is 11.2. The summed E-state index contributed by atoms with van der Waals surface area (Å²) in [5.41, 5.74) is 2.40. The molecule has 0 radical (unpaired) electrons. The first kappa shape index (κ1) is 22.0. The highest BCUT2D eigenvalue weighted by atomic mass is 32.2. The summed E-state index contributed by atoms with van der Waals surface area (Å²) in [5.74, 6) is 0. The quantitative estimate of drug-likeness (QED) is 0.679. The fraction of sp³-hybridized carbons (Fsp3) is 0.708. The average Bonchev–Trinajstić information content (AvgIpc) is 3.43. The van der Waals surface area contributed by atoms with Gasteiger partial charge in [0.05, 0.1) is 6.04 Å². The summed E-state index contributed by atoms with van der Waals surface area (Å²) in [6.07, 6.45) is 3.94. The highest BCUT2D eigenvalue weighted by Crippen LogP contribution is 2.73. The molecule has 1 aromatic rings. The fourth-order valence-electron chi connectivity index (χ4n) is 5.56. The molecule has 4 rings (SSSR count). The summed E-state index contributed by atoms with van der Waals surface area (Å²) in [6, 6.07) is 8.76. The highest BCUT2D eigenvalue weighted by Gasteiger charge is 2.69. The van der Waals surface area contributed by atoms with Crippen LogP contribution in [-0.4, -0.2) is 39.0 Å². The van der Waals surface area contributed by atoms with Crippen LogP contribution in [0.15, 0.2) is 24.3 Å². The minimum atomic E-state index is -1.15. The molecule has 0 bridgehead atoms. The monoisotopic (exact) mass is 432 g/mol. The SMILES string of the molecule is CC(C)(C)OC(=O)N1CCC2(CC1)[C@H](N[S+]([O-])C(C)(C)C)c1ccccc1C21CC1. The zero-order valence-electron chi connectivity index (χ0n) is 19.2. The molecule has 5 nitrogen and oxygen atoms in total. The van der Waals surface area contributed by atoms with Gasteiger partial charge >= 0.3 is 6.09 Å². The lowest BCUT2D eigenvalue weighted by Crippen LogP contribution is -2.53. The molecule has 2 fully saturated rings. The molecule has 1 heterocycles. The van der Waals surface area contributed by atoms with Crippen molar-refractivity contribution in [3.63, 3.8) is 0 Å². The van der Waals surface area contributed by atoms with E-state index >= 15 is 0 Å². The van der Waals surface area contributed by atoms with Gasteiger partial charge in [0.25, 0.3) is 0 Å². The zero-order valence-corrected chi connectivity index (χ0v) is 20.0. The van der Waals surface area contributed by atoms with Gasteiger partial charge in [-0.3, -0.25) is 0 Å². The van der Waals surface area contributed by atoms with E-state index in [1.807, 2.05) is 46.4 Å². The van der Waals surface area contributed by atoms with Gasteiger partial charge in [-0.1, -0.05) is 24.3 Å². The van der Waals surface area contributed by atoms with Crippen LogP contribution < -0.4 is 4.72 Å². The van der Waals surface area contributed by atoms with Crippen LogP contribution in [0.25, 0.3) is 0 Å². The Morgan fingerprint density at radius 2 is 1.70 bits per heavy atom. The summed E-state index contributed by atoms with van der Waals surface area (Å²) in [7, 11) is 0. The van der Waals surface area contributed by atoms with Crippen LogP contribution in [0.3, 0.4) is 0 Å². The van der Waals surface area contributed by atoms with Gasteiger partial charge in [-0.25, -0.2) is 4.79 Å². The molecule has 166 valence electrons. The van der Waals surface area contributed by atoms with Crippen molar-refractivity contribution in [2.75, 3.05) is 13.1 Å². The smallest absolute Gasteiger partial charge is 0.410 e. The Bertz CT molecular complexity index is 814. The fourth-order valence-corrected chi connectivity index (χ4v) is 6.48. The standard InChI is InChI=1S/C24H36N2O3S/c1-21(2,3)29-20(27)26-15-13-24(14-16-26)19(25-30(28)22(4,5)6)17-9-7-8-10-18(17)23(24)11-12-23/h7-10,19,25H,11-16H2,1-6H3/t19-,30?/m1/s1. The van der Waals surface area contributed by atoms with Crippen molar-refractivity contribution in [3.8, 4) is 0 Å². The number of hydrogen-bond donors (Lipinski definition) is 1. The largest absolute Gasteiger partial charge is 0.598 e. The van der Waals surface area contributed by atoms with E-state index in [1.165, 1.54) is 24.0 Å². The molecule has 1 aromatic carbocycles. The number of carbonyl (C=O) groups excluding carboxylic acids is 1. The van der Waals surface area contributed by atoms with E-state index in [2.05, 4.69) is 29.0 Å². The molecule has 2 spiro atoms. The first-order chi connectivity index (χ1) is 13.9. The van der Waals surface area contributed by atoms with Crippen LogP contribution in [0.5, 0.6) is 0 Å². The molecule has 2 atom stereocenters. The normalized spacial score (nSPS) is 25.3. The third-order valence-corrected chi connectivity index (χ3v) is 8.69. The van der Waals surface area contributed by atoms with Crippen molar-refractivity contribution in [1.82, 2.24) is 9.62 Å². The highest BCUT2D eigenvalue weighted by molar-refractivity contribution is 7.90. The van der Waals surface area contributed by atoms with Crippen molar-refractivity contribution in [1.29, 1.82) is 0 Å². The van der Waals surface area contributed by atoms with Gasteiger partial charge in [-0.05, 0) is 78.4 Å². The Morgan fingerprint density at radius 3 is 2.23 bits per heavy atom. The molecule has 30 heavy (non-hydrogen) atoms. The van der Waals surface area contributed by atoms with E-state index in [9.17, 15) is 9.35 Å². The molecule has 1 amide bonds. The average molecular weight is 433 g/mol. The van der Waals surface area contributed by atoms with Gasteiger partial charge in [0.1, 0.15) is 10.3 Å². The molecule has 6 heteroatoms. The van der Waals surface area contributed by atoms with Crippen LogP contribution in [0.1, 0.15) is 84.4 Å². The number of ether oxygens (including phenoxy) is 1. The minimum Gasteiger partial charge on any atom is -0.598 e. The number of likely N-dealkylation sites (tertiary alicyclic amines) is 1. The summed E-state index contributed by atoms with van der Waals surface area (Å²) in [6.45, 7) is 13.1. The Labute approximate surface area is 184 Å². The number of piperidine rings is 1. The summed E-state index contributed by atoms with van der Waals surface area (Å²) < 4.78 is 22.0. The van der Waals surface area contributed by atoms with E-state index in [0.717, 1.165) is 12.8 Å². The lowest BCUT2D eigenvalue weighted by molar-refractivity contribution is -0.000160. The summed E-state index contributed by atoms with van der Waals surface area (Å²) in [5, 5.41) is 0. The maximum absolute atomic E-state index is 13.1. The van der Waals surface area contributed by atoms with E-state index in [4.69, 9.17) is 4.74 Å². The van der Waals surface area contributed by atoms with E-state index < -0.39 is 17.0 Å². The Kier molecular flexibility index (Phi) is 5.23. The van der Waals surface area contributed by atoms with Crippen molar-refractivity contribution in [2.24, 2.45) is 5.41 Å². The first-order valence-corrected chi connectivity index (χ1v) is 12.3. The van der Waals surface area contributed by atoms with E-state index in [-0.39, 0.29) is 27.7 Å². The predicted octanol–water partition coefficient (Wildman–Crippen LogP) is 4.84. The van der Waals surface area contributed by atoms with Crippen molar-refractivity contribution < 1.29 is 14.1 Å². The Balaban J connectivity index is 1.62. The predicted molar refractivity (Wildman–Crippen MR) is 121 cm³/mol. The minimum absolute atomic E-state index is 0.00386. The van der Waals surface area contributed by atoms with Crippen LogP contribution in [0.4, 0.5) is 4.79 Å². The second kappa shape index (κ2) is 7.14. The van der Waals surface area contributed by atoms with Gasteiger partial charge in [0.15, 0.2) is 0 Å². The lowest BCUT2D eigenvalue weighted by Gasteiger charge is -2.47. The zero-order chi connectivity index (χ0) is 21.9. The third kappa shape index (κ3) is 3.55. The van der Waals surface area contributed by atoms with Crippen LogP contribution in [-0.2, 0) is 21.5 Å². The van der Waals surface area contributed by atoms with Crippen LogP contribution in [0.2, 0.25) is 0 Å². The van der Waals surface area contributed by atoms with Crippen LogP contribution in [0, 0.1) is 5.41 Å². The topological polar surface area (TPSA) is 64.6 Å². The number of nitrogens with zero attached hydrogens (tertiary/aromatic N) is 1. The number of carbonyl (C=O) groups is 1. The molecular formula is C24H36N2O3S. The molecule has 3 aliphatic rings. The van der Waals surface area contributed by atoms with Gasteiger partial charge in [0.2, 0.25) is 0 Å². The molecule has 1 aliphatic heterocycles. The third-order valence-electron chi connectivity index (χ3n) is 7.13. The molecule has 2 aliphatic carbocycles. The van der Waals surface area contributed by atoms with Crippen molar-refractivity contribution in [2.45, 2.75) is 89.0 Å². The lowest BCUT2D eigenvalue weighted by atomic mass is 9.65. The van der Waals surface area contributed by atoms with Gasteiger partial charge in [0, 0.05) is 35.3 Å². The maximum Gasteiger partial charge on any atom is 0.410 e. The molecule has 1 saturated carbocycles. The number of amides is 1. The number of fused-ring (bicyclic) bond motifs is 3. The number of hydrogen-bond acceptors (Lipinski definition) is 4. The van der Waals surface area contributed by atoms with Gasteiger partial charge in [-0.15, -0.1) is 4.72 Å². The van der Waals surface area contributed by atoms with E-state index in [0.29, 0.717) is 13.1 Å². The molecule has 1 saturated heterocycles. The number of benzene rings is 1. The van der Waals surface area contributed by atoms with Gasteiger partial charge < -0.3 is 14.2 Å². The Hall–Kier alpha value is -1.24. The van der Waals surface area contributed by atoms with Crippen molar-refractivity contribution in [3.05, 3.63) is 35.4 Å². The van der Waals surface area contributed by atoms with Crippen molar-refractivity contribution >= 4 is 17.5 Å². The second-order valence-corrected chi connectivity index (χ2v) is 13.2. The molecular weight excluding hydrogens is 396 g/mol. The summed E-state index contributed by atoms with van der Waals surface area (Å²) >= 11 is -1.15. The number of rotatable bonds is 2. The van der Waals surface area contributed by atoms with Gasteiger partial charge in [-0.2, -0.15) is 0 Å². The molecule has 0 aromatic heterocycles. The summed E-state index contributed by atoms with van der Waals surface area (Å²) in [4.78, 5) is 14.5. The van der Waals surface area contributed by atoms with Crippen LogP contribution >= 0.6 is 0 Å². The Morgan fingerprint density at radius 1 is 1.10 bits per heavy atom.